The SMILES string of the molecule is O=C(c1ccsc1)N1CCC[C@H](Cn2cc(CCCO)nn2)C1. The topological polar surface area (TPSA) is 71.2 Å². The van der Waals surface area contributed by atoms with Crippen LogP contribution in [0.3, 0.4) is 0 Å². The molecule has 2 aromatic rings. The number of aryl methyl sites for hydroxylation is 1. The highest BCUT2D eigenvalue weighted by Crippen LogP contribution is 2.21. The lowest BCUT2D eigenvalue weighted by Crippen LogP contribution is -2.41. The average molecular weight is 334 g/mol. The minimum Gasteiger partial charge on any atom is -0.396 e. The fourth-order valence-electron chi connectivity index (χ4n) is 3.03. The first kappa shape index (κ1) is 16.1. The Balaban J connectivity index is 1.56. The van der Waals surface area contributed by atoms with Gasteiger partial charge in [0.15, 0.2) is 0 Å². The number of aromatic nitrogens is 3. The maximum Gasteiger partial charge on any atom is 0.254 e. The van der Waals surface area contributed by atoms with Crippen LogP contribution in [-0.2, 0) is 13.0 Å². The van der Waals surface area contributed by atoms with Crippen LogP contribution in [0.1, 0.15) is 35.3 Å². The second kappa shape index (κ2) is 7.70. The van der Waals surface area contributed by atoms with Gasteiger partial charge in [0, 0.05) is 37.8 Å². The van der Waals surface area contributed by atoms with E-state index in [-0.39, 0.29) is 12.5 Å². The van der Waals surface area contributed by atoms with E-state index < -0.39 is 0 Å². The number of nitrogens with zero attached hydrogens (tertiary/aromatic N) is 4. The van der Waals surface area contributed by atoms with E-state index in [1.165, 1.54) is 0 Å². The Morgan fingerprint density at radius 3 is 3.17 bits per heavy atom. The maximum absolute atomic E-state index is 12.5. The molecule has 1 N–H and O–H groups in total. The van der Waals surface area contributed by atoms with E-state index in [1.807, 2.05) is 32.6 Å². The summed E-state index contributed by atoms with van der Waals surface area (Å²) in [5.41, 5.74) is 1.71. The molecule has 124 valence electrons. The number of likely N-dealkylation sites (tertiary alicyclic amines) is 1. The van der Waals surface area contributed by atoms with Crippen molar-refractivity contribution in [1.29, 1.82) is 0 Å². The van der Waals surface area contributed by atoms with Crippen LogP contribution in [0, 0.1) is 5.92 Å². The van der Waals surface area contributed by atoms with E-state index in [2.05, 4.69) is 10.3 Å². The largest absolute Gasteiger partial charge is 0.396 e. The van der Waals surface area contributed by atoms with Crippen molar-refractivity contribution in [1.82, 2.24) is 19.9 Å². The molecule has 1 aliphatic rings. The van der Waals surface area contributed by atoms with Crippen molar-refractivity contribution in [2.24, 2.45) is 5.92 Å². The Kier molecular flexibility index (Phi) is 5.40. The van der Waals surface area contributed by atoms with Gasteiger partial charge in [-0.15, -0.1) is 5.10 Å². The molecule has 1 fully saturated rings. The monoisotopic (exact) mass is 334 g/mol. The first-order chi connectivity index (χ1) is 11.3. The highest BCUT2D eigenvalue weighted by Gasteiger charge is 2.25. The fourth-order valence-corrected chi connectivity index (χ4v) is 3.66. The van der Waals surface area contributed by atoms with Crippen LogP contribution >= 0.6 is 11.3 Å². The third kappa shape index (κ3) is 4.17. The number of aliphatic hydroxyl groups is 1. The highest BCUT2D eigenvalue weighted by molar-refractivity contribution is 7.08. The standard InChI is InChI=1S/C16H22N4O2S/c21-7-2-4-15-11-20(18-17-15)10-13-3-1-6-19(9-13)16(22)14-5-8-23-12-14/h5,8,11-13,21H,1-4,6-7,9-10H2/t13-/m0/s1. The Hall–Kier alpha value is -1.73. The number of piperidine rings is 1. The summed E-state index contributed by atoms with van der Waals surface area (Å²) >= 11 is 1.56. The van der Waals surface area contributed by atoms with Crippen LogP contribution in [0.25, 0.3) is 0 Å². The smallest absolute Gasteiger partial charge is 0.254 e. The Morgan fingerprint density at radius 2 is 2.39 bits per heavy atom. The predicted molar refractivity (Wildman–Crippen MR) is 88.4 cm³/mol. The van der Waals surface area contributed by atoms with Gasteiger partial charge in [-0.25, -0.2) is 0 Å². The average Bonchev–Trinajstić information content (AvgIpc) is 3.24. The lowest BCUT2D eigenvalue weighted by Gasteiger charge is -2.32. The quantitative estimate of drug-likeness (QED) is 0.875. The van der Waals surface area contributed by atoms with Crippen LogP contribution in [0.4, 0.5) is 0 Å². The van der Waals surface area contributed by atoms with Crippen molar-refractivity contribution in [3.63, 3.8) is 0 Å². The van der Waals surface area contributed by atoms with Crippen LogP contribution < -0.4 is 0 Å². The first-order valence-electron chi connectivity index (χ1n) is 8.07. The van der Waals surface area contributed by atoms with E-state index in [9.17, 15) is 4.79 Å². The molecule has 0 bridgehead atoms. The molecular formula is C16H22N4O2S. The van der Waals surface area contributed by atoms with Gasteiger partial charge >= 0.3 is 0 Å². The molecule has 3 rings (SSSR count). The normalized spacial score (nSPS) is 18.3. The minimum absolute atomic E-state index is 0.137. The van der Waals surface area contributed by atoms with Crippen molar-refractivity contribution in [3.05, 3.63) is 34.3 Å². The third-order valence-corrected chi connectivity index (χ3v) is 4.88. The molecule has 23 heavy (non-hydrogen) atoms. The molecular weight excluding hydrogens is 312 g/mol. The van der Waals surface area contributed by atoms with Gasteiger partial charge in [-0.3, -0.25) is 9.48 Å². The van der Waals surface area contributed by atoms with Crippen molar-refractivity contribution in [2.75, 3.05) is 19.7 Å². The molecule has 1 saturated heterocycles. The van der Waals surface area contributed by atoms with Gasteiger partial charge < -0.3 is 10.0 Å². The Labute approximate surface area is 139 Å². The van der Waals surface area contributed by atoms with Crippen LogP contribution in [0.5, 0.6) is 0 Å². The summed E-state index contributed by atoms with van der Waals surface area (Å²) in [4.78, 5) is 14.4. The van der Waals surface area contributed by atoms with Crippen molar-refractivity contribution < 1.29 is 9.90 Å². The molecule has 3 heterocycles. The lowest BCUT2D eigenvalue weighted by atomic mass is 9.97. The van der Waals surface area contributed by atoms with Gasteiger partial charge in [0.2, 0.25) is 0 Å². The summed E-state index contributed by atoms with van der Waals surface area (Å²) in [6, 6.07) is 1.89. The maximum atomic E-state index is 12.5. The van der Waals surface area contributed by atoms with E-state index in [0.717, 1.165) is 50.2 Å². The summed E-state index contributed by atoms with van der Waals surface area (Å²) in [5, 5.41) is 21.0. The molecule has 1 atom stereocenters. The zero-order chi connectivity index (χ0) is 16.1. The number of thiophene rings is 1. The molecule has 1 amide bonds. The van der Waals surface area contributed by atoms with Gasteiger partial charge in [-0.2, -0.15) is 11.3 Å². The van der Waals surface area contributed by atoms with E-state index >= 15 is 0 Å². The summed E-state index contributed by atoms with van der Waals surface area (Å²) < 4.78 is 1.87. The van der Waals surface area contributed by atoms with E-state index in [4.69, 9.17) is 5.11 Å². The molecule has 0 unspecified atom stereocenters. The summed E-state index contributed by atoms with van der Waals surface area (Å²) in [5.74, 6) is 0.553. The second-order valence-electron chi connectivity index (χ2n) is 6.03. The molecule has 0 aliphatic carbocycles. The summed E-state index contributed by atoms with van der Waals surface area (Å²) in [6.45, 7) is 2.58. The number of hydrogen-bond acceptors (Lipinski definition) is 5. The summed E-state index contributed by atoms with van der Waals surface area (Å²) in [7, 11) is 0. The van der Waals surface area contributed by atoms with Gasteiger partial charge in [-0.1, -0.05) is 5.21 Å². The number of carbonyl (C=O) groups is 1. The first-order valence-corrected chi connectivity index (χ1v) is 9.02. The zero-order valence-electron chi connectivity index (χ0n) is 13.1. The van der Waals surface area contributed by atoms with Gasteiger partial charge in [0.1, 0.15) is 0 Å². The highest BCUT2D eigenvalue weighted by atomic mass is 32.1. The van der Waals surface area contributed by atoms with Crippen LogP contribution in [0.2, 0.25) is 0 Å². The van der Waals surface area contributed by atoms with E-state index in [0.29, 0.717) is 12.3 Å². The second-order valence-corrected chi connectivity index (χ2v) is 6.81. The molecule has 1 aliphatic heterocycles. The fraction of sp³-hybridized carbons (Fsp3) is 0.562. The number of aliphatic hydroxyl groups excluding tert-OH is 1. The van der Waals surface area contributed by atoms with Crippen molar-refractivity contribution in [2.45, 2.75) is 32.2 Å². The summed E-state index contributed by atoms with van der Waals surface area (Å²) in [6.07, 6.45) is 5.57. The molecule has 0 radical (unpaired) electrons. The van der Waals surface area contributed by atoms with Gasteiger partial charge in [-0.05, 0) is 43.0 Å². The number of rotatable bonds is 6. The minimum atomic E-state index is 0.137. The van der Waals surface area contributed by atoms with Crippen molar-refractivity contribution in [3.8, 4) is 0 Å². The molecule has 0 saturated carbocycles. The Morgan fingerprint density at radius 1 is 1.48 bits per heavy atom. The lowest BCUT2D eigenvalue weighted by molar-refractivity contribution is 0.0660. The third-order valence-electron chi connectivity index (χ3n) is 4.20. The molecule has 7 heteroatoms. The number of hydrogen-bond donors (Lipinski definition) is 1. The molecule has 2 aromatic heterocycles. The Bertz CT molecular complexity index is 626. The van der Waals surface area contributed by atoms with Gasteiger partial charge in [0.25, 0.3) is 5.91 Å². The molecule has 0 aromatic carbocycles. The van der Waals surface area contributed by atoms with Crippen LogP contribution in [-0.4, -0.2) is 50.6 Å². The zero-order valence-corrected chi connectivity index (χ0v) is 13.9. The molecule has 0 spiro atoms. The van der Waals surface area contributed by atoms with E-state index in [1.54, 1.807) is 11.3 Å². The van der Waals surface area contributed by atoms with Crippen LogP contribution in [0.15, 0.2) is 23.0 Å². The molecule has 6 nitrogen and oxygen atoms in total. The van der Waals surface area contributed by atoms with Crippen molar-refractivity contribution >= 4 is 17.2 Å². The predicted octanol–water partition coefficient (Wildman–Crippen LogP) is 1.82. The van der Waals surface area contributed by atoms with Gasteiger partial charge in [0.05, 0.1) is 11.3 Å². The number of amides is 1. The number of carbonyl (C=O) groups excluding carboxylic acids is 1.